The molecule has 2 rings (SSSR count). The van der Waals surface area contributed by atoms with E-state index in [1.807, 2.05) is 24.3 Å². The third-order valence-corrected chi connectivity index (χ3v) is 2.56. The van der Waals surface area contributed by atoms with Gasteiger partial charge >= 0.3 is 0 Å². The molecule has 0 unspecified atom stereocenters. The molecule has 0 saturated carbocycles. The lowest BCUT2D eigenvalue weighted by atomic mass is 9.97. The van der Waals surface area contributed by atoms with Gasteiger partial charge in [0.25, 0.3) is 0 Å². The second kappa shape index (κ2) is 3.70. The van der Waals surface area contributed by atoms with Crippen molar-refractivity contribution in [2.24, 2.45) is 0 Å². The Hall–Kier alpha value is -1.51. The molecule has 0 aliphatic carbocycles. The maximum absolute atomic E-state index is 11.1. The molecule has 1 fully saturated rings. The van der Waals surface area contributed by atoms with Crippen molar-refractivity contribution in [3.8, 4) is 5.75 Å². The van der Waals surface area contributed by atoms with Gasteiger partial charge in [-0.05, 0) is 11.6 Å². The SMILES string of the molecule is COc1ccccc1[C@H]1CNC(=O)C1. The van der Waals surface area contributed by atoms with Gasteiger partial charge in [0.15, 0.2) is 0 Å². The Bertz CT molecular complexity index is 349. The van der Waals surface area contributed by atoms with E-state index in [-0.39, 0.29) is 11.8 Å². The summed E-state index contributed by atoms with van der Waals surface area (Å²) < 4.78 is 5.25. The molecule has 0 spiro atoms. The summed E-state index contributed by atoms with van der Waals surface area (Å²) in [5, 5.41) is 2.82. The van der Waals surface area contributed by atoms with Gasteiger partial charge in [0.2, 0.25) is 5.91 Å². The number of para-hydroxylation sites is 1. The van der Waals surface area contributed by atoms with Crippen molar-refractivity contribution in [1.82, 2.24) is 5.32 Å². The first-order valence-electron chi connectivity index (χ1n) is 4.71. The first-order valence-corrected chi connectivity index (χ1v) is 4.71. The van der Waals surface area contributed by atoms with Crippen LogP contribution in [0.15, 0.2) is 24.3 Å². The molecule has 74 valence electrons. The lowest BCUT2D eigenvalue weighted by molar-refractivity contribution is -0.119. The molecule has 1 aromatic rings. The summed E-state index contributed by atoms with van der Waals surface area (Å²) in [4.78, 5) is 11.1. The molecule has 1 atom stereocenters. The largest absolute Gasteiger partial charge is 0.496 e. The molecular weight excluding hydrogens is 178 g/mol. The minimum Gasteiger partial charge on any atom is -0.496 e. The fourth-order valence-electron chi connectivity index (χ4n) is 1.83. The zero-order valence-electron chi connectivity index (χ0n) is 8.12. The van der Waals surface area contributed by atoms with Crippen LogP contribution in [0.3, 0.4) is 0 Å². The van der Waals surface area contributed by atoms with Gasteiger partial charge in [-0.25, -0.2) is 0 Å². The number of hydrogen-bond donors (Lipinski definition) is 1. The molecule has 0 radical (unpaired) electrons. The molecule has 14 heavy (non-hydrogen) atoms. The van der Waals surface area contributed by atoms with Crippen molar-refractivity contribution in [3.05, 3.63) is 29.8 Å². The molecule has 0 aromatic heterocycles. The van der Waals surface area contributed by atoms with Gasteiger partial charge in [0, 0.05) is 18.9 Å². The minimum absolute atomic E-state index is 0.126. The zero-order valence-corrected chi connectivity index (χ0v) is 8.12. The number of rotatable bonds is 2. The number of benzene rings is 1. The Labute approximate surface area is 83.1 Å². The fraction of sp³-hybridized carbons (Fsp3) is 0.364. The van der Waals surface area contributed by atoms with Gasteiger partial charge in [-0.2, -0.15) is 0 Å². The number of carbonyl (C=O) groups is 1. The predicted molar refractivity (Wildman–Crippen MR) is 53.4 cm³/mol. The lowest BCUT2D eigenvalue weighted by Gasteiger charge is -2.12. The quantitative estimate of drug-likeness (QED) is 0.765. The summed E-state index contributed by atoms with van der Waals surface area (Å²) in [6.45, 7) is 0.721. The normalized spacial score (nSPS) is 20.6. The van der Waals surface area contributed by atoms with E-state index in [1.165, 1.54) is 0 Å². The van der Waals surface area contributed by atoms with Crippen LogP contribution in [-0.2, 0) is 4.79 Å². The predicted octanol–water partition coefficient (Wildman–Crippen LogP) is 1.30. The fourth-order valence-corrected chi connectivity index (χ4v) is 1.83. The smallest absolute Gasteiger partial charge is 0.220 e. The standard InChI is InChI=1S/C11H13NO2/c1-14-10-5-3-2-4-9(10)8-6-11(13)12-7-8/h2-5,8H,6-7H2,1H3,(H,12,13)/t8-/m1/s1. The minimum atomic E-state index is 0.126. The molecule has 1 aromatic carbocycles. The monoisotopic (exact) mass is 191 g/mol. The van der Waals surface area contributed by atoms with Crippen LogP contribution in [0.25, 0.3) is 0 Å². The van der Waals surface area contributed by atoms with E-state index >= 15 is 0 Å². The lowest BCUT2D eigenvalue weighted by Crippen LogP contribution is -2.13. The summed E-state index contributed by atoms with van der Waals surface area (Å²) in [5.74, 6) is 1.26. The van der Waals surface area contributed by atoms with Crippen molar-refractivity contribution in [3.63, 3.8) is 0 Å². The van der Waals surface area contributed by atoms with E-state index in [9.17, 15) is 4.79 Å². The Morgan fingerprint density at radius 1 is 1.43 bits per heavy atom. The molecule has 1 saturated heterocycles. The van der Waals surface area contributed by atoms with Crippen LogP contribution in [-0.4, -0.2) is 19.6 Å². The maximum atomic E-state index is 11.1. The van der Waals surface area contributed by atoms with Crippen LogP contribution in [0, 0.1) is 0 Å². The molecule has 3 heteroatoms. The van der Waals surface area contributed by atoms with E-state index in [4.69, 9.17) is 4.74 Å². The summed E-state index contributed by atoms with van der Waals surface area (Å²) in [7, 11) is 1.66. The molecule has 0 bridgehead atoms. The van der Waals surface area contributed by atoms with Crippen molar-refractivity contribution in [2.75, 3.05) is 13.7 Å². The van der Waals surface area contributed by atoms with Gasteiger partial charge in [0.1, 0.15) is 5.75 Å². The van der Waals surface area contributed by atoms with Crippen molar-refractivity contribution in [2.45, 2.75) is 12.3 Å². The van der Waals surface area contributed by atoms with Gasteiger partial charge < -0.3 is 10.1 Å². The van der Waals surface area contributed by atoms with Gasteiger partial charge in [-0.3, -0.25) is 4.79 Å². The second-order valence-corrected chi connectivity index (χ2v) is 3.45. The number of nitrogens with one attached hydrogen (secondary N) is 1. The first kappa shape index (κ1) is 9.06. The number of methoxy groups -OCH3 is 1. The first-order chi connectivity index (χ1) is 6.81. The maximum Gasteiger partial charge on any atom is 0.220 e. The summed E-state index contributed by atoms with van der Waals surface area (Å²) in [6.07, 6.45) is 0.570. The highest BCUT2D eigenvalue weighted by Crippen LogP contribution is 2.30. The third kappa shape index (κ3) is 1.58. The Morgan fingerprint density at radius 3 is 2.86 bits per heavy atom. The third-order valence-electron chi connectivity index (χ3n) is 2.56. The Kier molecular flexibility index (Phi) is 2.39. The van der Waals surface area contributed by atoms with E-state index < -0.39 is 0 Å². The number of amides is 1. The summed E-state index contributed by atoms with van der Waals surface area (Å²) in [5.41, 5.74) is 1.12. The van der Waals surface area contributed by atoms with E-state index in [0.717, 1.165) is 17.9 Å². The number of hydrogen-bond acceptors (Lipinski definition) is 2. The molecule has 1 aliphatic heterocycles. The number of carbonyl (C=O) groups excluding carboxylic acids is 1. The molecule has 1 heterocycles. The Balaban J connectivity index is 2.27. The van der Waals surface area contributed by atoms with E-state index in [2.05, 4.69) is 5.32 Å². The van der Waals surface area contributed by atoms with Crippen LogP contribution in [0.1, 0.15) is 17.9 Å². The van der Waals surface area contributed by atoms with Crippen LogP contribution in [0.5, 0.6) is 5.75 Å². The molecule has 1 N–H and O–H groups in total. The molecule has 3 nitrogen and oxygen atoms in total. The van der Waals surface area contributed by atoms with Crippen molar-refractivity contribution >= 4 is 5.91 Å². The second-order valence-electron chi connectivity index (χ2n) is 3.45. The van der Waals surface area contributed by atoms with E-state index in [0.29, 0.717) is 6.42 Å². The highest BCUT2D eigenvalue weighted by Gasteiger charge is 2.24. The summed E-state index contributed by atoms with van der Waals surface area (Å²) in [6, 6.07) is 7.86. The highest BCUT2D eigenvalue weighted by atomic mass is 16.5. The highest BCUT2D eigenvalue weighted by molar-refractivity contribution is 5.79. The van der Waals surface area contributed by atoms with Crippen LogP contribution >= 0.6 is 0 Å². The van der Waals surface area contributed by atoms with Crippen LogP contribution in [0.4, 0.5) is 0 Å². The number of ether oxygens (including phenoxy) is 1. The molecule has 1 amide bonds. The van der Waals surface area contributed by atoms with Crippen LogP contribution < -0.4 is 10.1 Å². The topological polar surface area (TPSA) is 38.3 Å². The van der Waals surface area contributed by atoms with E-state index in [1.54, 1.807) is 7.11 Å². The molecule has 1 aliphatic rings. The zero-order chi connectivity index (χ0) is 9.97. The molecular formula is C11H13NO2. The van der Waals surface area contributed by atoms with Crippen LogP contribution in [0.2, 0.25) is 0 Å². The Morgan fingerprint density at radius 2 is 2.21 bits per heavy atom. The van der Waals surface area contributed by atoms with Crippen molar-refractivity contribution < 1.29 is 9.53 Å². The van der Waals surface area contributed by atoms with Crippen molar-refractivity contribution in [1.29, 1.82) is 0 Å². The average Bonchev–Trinajstić information content (AvgIpc) is 2.65. The summed E-state index contributed by atoms with van der Waals surface area (Å²) >= 11 is 0. The average molecular weight is 191 g/mol. The van der Waals surface area contributed by atoms with Gasteiger partial charge in [-0.1, -0.05) is 18.2 Å². The van der Waals surface area contributed by atoms with Gasteiger partial charge in [-0.15, -0.1) is 0 Å². The van der Waals surface area contributed by atoms with Gasteiger partial charge in [0.05, 0.1) is 7.11 Å².